The second-order valence-electron chi connectivity index (χ2n) is 7.58. The number of carbonyl (C=O) groups is 1. The van der Waals surface area contributed by atoms with Crippen molar-refractivity contribution in [3.8, 4) is 5.75 Å². The van der Waals surface area contributed by atoms with Gasteiger partial charge in [0.25, 0.3) is 0 Å². The van der Waals surface area contributed by atoms with E-state index in [9.17, 15) is 4.79 Å². The molecule has 2 aliphatic rings. The predicted molar refractivity (Wildman–Crippen MR) is 112 cm³/mol. The Morgan fingerprint density at radius 2 is 2.00 bits per heavy atom. The Hall–Kier alpha value is -2.11. The fraction of sp³-hybridized carbons (Fsp3) is 0.364. The summed E-state index contributed by atoms with van der Waals surface area (Å²) in [5.41, 5.74) is 2.11. The van der Waals surface area contributed by atoms with Crippen LogP contribution in [0.2, 0.25) is 5.02 Å². The summed E-state index contributed by atoms with van der Waals surface area (Å²) in [6, 6.07) is 13.9. The normalized spacial score (nSPS) is 20.0. The Kier molecular flexibility index (Phi) is 4.73. The zero-order valence-corrected chi connectivity index (χ0v) is 17.0. The first-order chi connectivity index (χ1) is 13.7. The molecule has 3 heterocycles. The van der Waals surface area contributed by atoms with E-state index in [1.54, 1.807) is 11.3 Å². The van der Waals surface area contributed by atoms with Crippen LogP contribution < -0.4 is 4.74 Å². The molecule has 0 spiro atoms. The molecule has 1 amide bonds. The van der Waals surface area contributed by atoms with Gasteiger partial charge in [-0.1, -0.05) is 23.7 Å². The number of halogens is 1. The van der Waals surface area contributed by atoms with E-state index < -0.39 is 0 Å². The lowest BCUT2D eigenvalue weighted by molar-refractivity contribution is -0.138. The first-order valence-corrected chi connectivity index (χ1v) is 10.9. The van der Waals surface area contributed by atoms with Gasteiger partial charge in [-0.3, -0.25) is 4.79 Å². The van der Waals surface area contributed by atoms with E-state index in [0.717, 1.165) is 42.8 Å². The molecule has 28 heavy (non-hydrogen) atoms. The van der Waals surface area contributed by atoms with Crippen LogP contribution in [-0.4, -0.2) is 35.5 Å². The minimum atomic E-state index is -0.120. The lowest BCUT2D eigenvalue weighted by Crippen LogP contribution is -2.44. The van der Waals surface area contributed by atoms with Crippen molar-refractivity contribution in [3.05, 3.63) is 58.1 Å². The number of nitrogens with zero attached hydrogens (tertiary/aromatic N) is 2. The first-order valence-electron chi connectivity index (χ1n) is 9.73. The van der Waals surface area contributed by atoms with Gasteiger partial charge in [-0.2, -0.15) is 0 Å². The highest BCUT2D eigenvalue weighted by Gasteiger charge is 2.32. The van der Waals surface area contributed by atoms with E-state index in [0.29, 0.717) is 24.0 Å². The molecule has 1 fully saturated rings. The van der Waals surface area contributed by atoms with Crippen molar-refractivity contribution < 1.29 is 9.53 Å². The van der Waals surface area contributed by atoms with Crippen molar-refractivity contribution in [2.75, 3.05) is 19.7 Å². The minimum absolute atomic E-state index is 0.120. The number of amides is 1. The zero-order chi connectivity index (χ0) is 19.1. The lowest BCUT2D eigenvalue weighted by atomic mass is 9.92. The Bertz CT molecular complexity index is 993. The molecule has 0 radical (unpaired) electrons. The molecule has 2 aliphatic heterocycles. The van der Waals surface area contributed by atoms with Crippen LogP contribution in [-0.2, 0) is 11.2 Å². The molecule has 4 nitrogen and oxygen atoms in total. The third-order valence-electron chi connectivity index (χ3n) is 5.74. The molecule has 0 bridgehead atoms. The third-order valence-corrected chi connectivity index (χ3v) is 7.18. The average molecular weight is 413 g/mol. The molecule has 144 valence electrons. The summed E-state index contributed by atoms with van der Waals surface area (Å²) >= 11 is 7.89. The Balaban J connectivity index is 1.23. The molecule has 2 aromatic carbocycles. The second-order valence-corrected chi connectivity index (χ2v) is 9.08. The van der Waals surface area contributed by atoms with E-state index >= 15 is 0 Å². The maximum absolute atomic E-state index is 13.0. The first kappa shape index (κ1) is 18.0. The van der Waals surface area contributed by atoms with Crippen LogP contribution in [0.15, 0.2) is 42.5 Å². The Morgan fingerprint density at radius 1 is 1.18 bits per heavy atom. The summed E-state index contributed by atoms with van der Waals surface area (Å²) in [4.78, 5) is 19.9. The number of piperidine rings is 1. The number of ether oxygens (including phenoxy) is 1. The van der Waals surface area contributed by atoms with Gasteiger partial charge < -0.3 is 9.64 Å². The van der Waals surface area contributed by atoms with Gasteiger partial charge in [-0.05, 0) is 55.2 Å². The van der Waals surface area contributed by atoms with E-state index in [1.807, 2.05) is 29.2 Å². The molecule has 0 N–H and O–H groups in total. The highest BCUT2D eigenvalue weighted by Crippen LogP contribution is 2.35. The van der Waals surface area contributed by atoms with Crippen LogP contribution >= 0.6 is 22.9 Å². The molecule has 6 heteroatoms. The maximum Gasteiger partial charge on any atom is 0.229 e. The standard InChI is InChI=1S/C22H21ClN2O2S/c23-17-5-6-19-15(12-17)11-16(13-27-19)22(26)25-9-7-14(8-10-25)21-24-18-3-1-2-4-20(18)28-21/h1-6,12,14,16H,7-11,13H2/t16-/m1/s1. The fourth-order valence-electron chi connectivity index (χ4n) is 4.19. The minimum Gasteiger partial charge on any atom is -0.492 e. The van der Waals surface area contributed by atoms with Crippen molar-refractivity contribution in [1.29, 1.82) is 0 Å². The number of hydrogen-bond acceptors (Lipinski definition) is 4. The number of hydrogen-bond donors (Lipinski definition) is 0. The number of fused-ring (bicyclic) bond motifs is 2. The molecule has 0 aliphatic carbocycles. The van der Waals surface area contributed by atoms with Crippen molar-refractivity contribution in [2.24, 2.45) is 5.92 Å². The summed E-state index contributed by atoms with van der Waals surface area (Å²) in [6.45, 7) is 2.03. The summed E-state index contributed by atoms with van der Waals surface area (Å²) in [5.74, 6) is 1.38. The van der Waals surface area contributed by atoms with E-state index in [2.05, 4.69) is 18.2 Å². The molecular formula is C22H21ClN2O2S. The molecule has 3 aromatic rings. The number of carbonyl (C=O) groups excluding carboxylic acids is 1. The van der Waals surface area contributed by atoms with Gasteiger partial charge in [-0.15, -0.1) is 11.3 Å². The number of benzene rings is 2. The Labute approximate surface area is 173 Å². The van der Waals surface area contributed by atoms with Crippen LogP contribution in [0.3, 0.4) is 0 Å². The van der Waals surface area contributed by atoms with Crippen LogP contribution in [0, 0.1) is 5.92 Å². The van der Waals surface area contributed by atoms with Gasteiger partial charge in [0.05, 0.1) is 21.1 Å². The lowest BCUT2D eigenvalue weighted by Gasteiger charge is -2.35. The van der Waals surface area contributed by atoms with Crippen LogP contribution in [0.5, 0.6) is 5.75 Å². The molecule has 0 saturated carbocycles. The van der Waals surface area contributed by atoms with Crippen LogP contribution in [0.1, 0.15) is 29.3 Å². The van der Waals surface area contributed by atoms with Gasteiger partial charge in [0.15, 0.2) is 0 Å². The smallest absolute Gasteiger partial charge is 0.229 e. The number of likely N-dealkylation sites (tertiary alicyclic amines) is 1. The van der Waals surface area contributed by atoms with Crippen LogP contribution in [0.4, 0.5) is 0 Å². The predicted octanol–water partition coefficient (Wildman–Crippen LogP) is 4.91. The average Bonchev–Trinajstić information content (AvgIpc) is 3.17. The highest BCUT2D eigenvalue weighted by atomic mass is 35.5. The zero-order valence-electron chi connectivity index (χ0n) is 15.4. The third kappa shape index (κ3) is 3.38. The number of thiazole rings is 1. The summed E-state index contributed by atoms with van der Waals surface area (Å²) in [7, 11) is 0. The van der Waals surface area contributed by atoms with E-state index in [1.165, 1.54) is 9.71 Å². The van der Waals surface area contributed by atoms with Crippen molar-refractivity contribution in [2.45, 2.75) is 25.2 Å². The highest BCUT2D eigenvalue weighted by molar-refractivity contribution is 7.18. The largest absolute Gasteiger partial charge is 0.492 e. The molecule has 1 saturated heterocycles. The quantitative estimate of drug-likeness (QED) is 0.600. The maximum atomic E-state index is 13.0. The summed E-state index contributed by atoms with van der Waals surface area (Å²) in [6.07, 6.45) is 2.65. The number of aromatic nitrogens is 1. The number of rotatable bonds is 2. The number of para-hydroxylation sites is 1. The summed E-state index contributed by atoms with van der Waals surface area (Å²) in [5, 5.41) is 1.89. The van der Waals surface area contributed by atoms with Gasteiger partial charge >= 0.3 is 0 Å². The van der Waals surface area contributed by atoms with Gasteiger partial charge in [0, 0.05) is 24.0 Å². The van der Waals surface area contributed by atoms with Crippen LogP contribution in [0.25, 0.3) is 10.2 Å². The fourth-order valence-corrected chi connectivity index (χ4v) is 5.52. The molecule has 1 atom stereocenters. The topological polar surface area (TPSA) is 42.4 Å². The molecule has 5 rings (SSSR count). The van der Waals surface area contributed by atoms with Gasteiger partial charge in [0.2, 0.25) is 5.91 Å². The van der Waals surface area contributed by atoms with Crippen molar-refractivity contribution >= 4 is 39.1 Å². The van der Waals surface area contributed by atoms with E-state index in [-0.39, 0.29) is 11.8 Å². The van der Waals surface area contributed by atoms with Crippen molar-refractivity contribution in [3.63, 3.8) is 0 Å². The molecule has 0 unspecified atom stereocenters. The van der Waals surface area contributed by atoms with Crippen molar-refractivity contribution in [1.82, 2.24) is 9.88 Å². The van der Waals surface area contributed by atoms with Gasteiger partial charge in [0.1, 0.15) is 12.4 Å². The Morgan fingerprint density at radius 3 is 2.82 bits per heavy atom. The summed E-state index contributed by atoms with van der Waals surface area (Å²) < 4.78 is 7.06. The SMILES string of the molecule is O=C([C@H]1COc2ccc(Cl)cc2C1)N1CCC(c2nc3ccccc3s2)CC1. The van der Waals surface area contributed by atoms with Gasteiger partial charge in [-0.25, -0.2) is 4.98 Å². The second kappa shape index (κ2) is 7.37. The molecular weight excluding hydrogens is 392 g/mol. The monoisotopic (exact) mass is 412 g/mol. The molecule has 1 aromatic heterocycles. The van der Waals surface area contributed by atoms with E-state index in [4.69, 9.17) is 21.3 Å².